The molecule has 5 heteroatoms. The van der Waals surface area contributed by atoms with Gasteiger partial charge in [-0.2, -0.15) is 0 Å². The minimum Gasteiger partial charge on any atom is -0.378 e. The van der Waals surface area contributed by atoms with Gasteiger partial charge in [0.05, 0.1) is 24.9 Å². The molecule has 1 fully saturated rings. The van der Waals surface area contributed by atoms with Crippen LogP contribution in [0.25, 0.3) is 0 Å². The third-order valence-corrected chi connectivity index (χ3v) is 4.92. The van der Waals surface area contributed by atoms with Crippen molar-refractivity contribution < 1.29 is 4.74 Å². The predicted octanol–water partition coefficient (Wildman–Crippen LogP) is 1.57. The number of hydrogen-bond acceptors (Lipinski definition) is 5. The Morgan fingerprint density at radius 1 is 1.50 bits per heavy atom. The van der Waals surface area contributed by atoms with E-state index in [0.29, 0.717) is 12.1 Å². The van der Waals surface area contributed by atoms with Crippen LogP contribution in [0.2, 0.25) is 0 Å². The minimum atomic E-state index is 0.307. The second-order valence-electron chi connectivity index (χ2n) is 5.32. The van der Waals surface area contributed by atoms with Gasteiger partial charge in [0.2, 0.25) is 0 Å². The molecule has 1 saturated heterocycles. The van der Waals surface area contributed by atoms with E-state index < -0.39 is 0 Å². The Hall–Kier alpha value is -0.490. The van der Waals surface area contributed by atoms with Gasteiger partial charge in [-0.05, 0) is 13.8 Å². The predicted molar refractivity (Wildman–Crippen MR) is 72.9 cm³/mol. The highest BCUT2D eigenvalue weighted by Gasteiger charge is 2.25. The first-order valence-electron chi connectivity index (χ1n) is 6.77. The molecule has 2 aliphatic heterocycles. The molecule has 18 heavy (non-hydrogen) atoms. The summed E-state index contributed by atoms with van der Waals surface area (Å²) in [5, 5.41) is 4.70. The first-order chi connectivity index (χ1) is 8.74. The first-order valence-corrected chi connectivity index (χ1v) is 7.59. The zero-order chi connectivity index (χ0) is 12.5. The van der Waals surface area contributed by atoms with E-state index in [4.69, 9.17) is 9.72 Å². The van der Waals surface area contributed by atoms with Crippen molar-refractivity contribution in [2.24, 2.45) is 0 Å². The van der Waals surface area contributed by atoms with Crippen molar-refractivity contribution >= 4 is 11.3 Å². The molecular weight excluding hydrogens is 246 g/mol. The van der Waals surface area contributed by atoms with Crippen molar-refractivity contribution in [2.45, 2.75) is 38.9 Å². The Morgan fingerprint density at radius 3 is 3.11 bits per heavy atom. The number of ether oxygens (including phenoxy) is 1. The highest BCUT2D eigenvalue weighted by atomic mass is 32.1. The van der Waals surface area contributed by atoms with Gasteiger partial charge in [-0.1, -0.05) is 0 Å². The van der Waals surface area contributed by atoms with Crippen LogP contribution in [0.1, 0.15) is 35.5 Å². The molecule has 3 heterocycles. The number of thiazole rings is 1. The monoisotopic (exact) mass is 267 g/mol. The summed E-state index contributed by atoms with van der Waals surface area (Å²) in [5.41, 5.74) is 1.32. The molecule has 0 aliphatic carbocycles. The van der Waals surface area contributed by atoms with E-state index in [9.17, 15) is 0 Å². The molecule has 1 aromatic heterocycles. The van der Waals surface area contributed by atoms with Crippen LogP contribution in [0.15, 0.2) is 0 Å². The smallest absolute Gasteiger partial charge is 0.113 e. The topological polar surface area (TPSA) is 37.4 Å². The second kappa shape index (κ2) is 5.25. The van der Waals surface area contributed by atoms with E-state index in [0.717, 1.165) is 39.3 Å². The van der Waals surface area contributed by atoms with E-state index in [2.05, 4.69) is 24.1 Å². The van der Waals surface area contributed by atoms with Gasteiger partial charge in [-0.3, -0.25) is 4.90 Å². The summed E-state index contributed by atoms with van der Waals surface area (Å²) in [6.45, 7) is 9.27. The molecule has 3 rings (SSSR count). The van der Waals surface area contributed by atoms with Gasteiger partial charge in [0.15, 0.2) is 0 Å². The van der Waals surface area contributed by atoms with Crippen molar-refractivity contribution in [3.8, 4) is 0 Å². The maximum Gasteiger partial charge on any atom is 0.113 e. The van der Waals surface area contributed by atoms with E-state index >= 15 is 0 Å². The lowest BCUT2D eigenvalue weighted by molar-refractivity contribution is 0.0767. The fourth-order valence-electron chi connectivity index (χ4n) is 2.55. The molecule has 2 aliphatic rings. The Bertz CT molecular complexity index is 412. The summed E-state index contributed by atoms with van der Waals surface area (Å²) in [4.78, 5) is 8.80. The van der Waals surface area contributed by atoms with Gasteiger partial charge in [-0.25, -0.2) is 4.98 Å². The van der Waals surface area contributed by atoms with Gasteiger partial charge in [0.1, 0.15) is 5.01 Å². The second-order valence-corrected chi connectivity index (χ2v) is 6.43. The van der Waals surface area contributed by atoms with Crippen LogP contribution in [0.3, 0.4) is 0 Å². The highest BCUT2D eigenvalue weighted by Crippen LogP contribution is 2.30. The Morgan fingerprint density at radius 2 is 2.39 bits per heavy atom. The summed E-state index contributed by atoms with van der Waals surface area (Å²) in [5.74, 6) is 0. The molecule has 1 N–H and O–H groups in total. The zero-order valence-corrected chi connectivity index (χ0v) is 11.9. The number of fused-ring (bicyclic) bond motifs is 1. The molecule has 0 saturated carbocycles. The molecule has 0 radical (unpaired) electrons. The Labute approximate surface area is 112 Å². The summed E-state index contributed by atoms with van der Waals surface area (Å²) in [6.07, 6.45) is 1.09. The highest BCUT2D eigenvalue weighted by molar-refractivity contribution is 7.11. The van der Waals surface area contributed by atoms with Crippen LogP contribution < -0.4 is 5.32 Å². The summed E-state index contributed by atoms with van der Waals surface area (Å²) in [6, 6.07) is 0.932. The average Bonchev–Trinajstić information content (AvgIpc) is 2.82. The Kier molecular flexibility index (Phi) is 3.66. The van der Waals surface area contributed by atoms with Crippen molar-refractivity contribution in [2.75, 3.05) is 26.3 Å². The van der Waals surface area contributed by atoms with E-state index in [1.807, 2.05) is 11.3 Å². The summed E-state index contributed by atoms with van der Waals surface area (Å²) >= 11 is 1.87. The van der Waals surface area contributed by atoms with Crippen LogP contribution in [0.5, 0.6) is 0 Å². The molecule has 4 nitrogen and oxygen atoms in total. The fourth-order valence-corrected chi connectivity index (χ4v) is 3.75. The molecule has 0 amide bonds. The summed E-state index contributed by atoms with van der Waals surface area (Å²) in [7, 11) is 0. The quantitative estimate of drug-likeness (QED) is 0.882. The van der Waals surface area contributed by atoms with Crippen molar-refractivity contribution in [3.63, 3.8) is 0 Å². The van der Waals surface area contributed by atoms with Gasteiger partial charge in [-0.15, -0.1) is 11.3 Å². The van der Waals surface area contributed by atoms with Crippen LogP contribution in [0, 0.1) is 0 Å². The molecule has 1 unspecified atom stereocenters. The van der Waals surface area contributed by atoms with Crippen LogP contribution >= 0.6 is 11.3 Å². The lowest BCUT2D eigenvalue weighted by atomic mass is 10.1. The Balaban J connectivity index is 1.76. The average molecular weight is 267 g/mol. The van der Waals surface area contributed by atoms with E-state index in [-0.39, 0.29) is 0 Å². The van der Waals surface area contributed by atoms with Gasteiger partial charge in [0.25, 0.3) is 0 Å². The van der Waals surface area contributed by atoms with Crippen LogP contribution in [-0.2, 0) is 17.7 Å². The minimum absolute atomic E-state index is 0.307. The van der Waals surface area contributed by atoms with Crippen molar-refractivity contribution in [1.29, 1.82) is 0 Å². The van der Waals surface area contributed by atoms with Gasteiger partial charge in [0, 0.05) is 37.0 Å². The molecule has 1 atom stereocenters. The number of nitrogens with one attached hydrogen (secondary N) is 1. The standard InChI is InChI=1S/C13H21N3OS/c1-9(2)16-5-3-10-12(7-16)18-13(15-10)11-8-17-6-4-14-11/h9,11,14H,3-8H2,1-2H3. The molecule has 0 aromatic carbocycles. The third kappa shape index (κ3) is 2.45. The maximum absolute atomic E-state index is 5.52. The molecule has 1 aromatic rings. The first kappa shape index (κ1) is 12.5. The van der Waals surface area contributed by atoms with Crippen molar-refractivity contribution in [1.82, 2.24) is 15.2 Å². The summed E-state index contributed by atoms with van der Waals surface area (Å²) < 4.78 is 5.52. The van der Waals surface area contributed by atoms with E-state index in [1.165, 1.54) is 15.6 Å². The lowest BCUT2D eigenvalue weighted by Crippen LogP contribution is -2.35. The van der Waals surface area contributed by atoms with Gasteiger partial charge >= 0.3 is 0 Å². The molecule has 0 spiro atoms. The normalized spacial score (nSPS) is 25.4. The van der Waals surface area contributed by atoms with Crippen molar-refractivity contribution in [3.05, 3.63) is 15.6 Å². The maximum atomic E-state index is 5.52. The van der Waals surface area contributed by atoms with Crippen LogP contribution in [-0.4, -0.2) is 42.2 Å². The number of morpholine rings is 1. The fraction of sp³-hybridized carbons (Fsp3) is 0.769. The molecule has 0 bridgehead atoms. The number of hydrogen-bond donors (Lipinski definition) is 1. The number of aromatic nitrogens is 1. The lowest BCUT2D eigenvalue weighted by Gasteiger charge is -2.29. The number of rotatable bonds is 2. The largest absolute Gasteiger partial charge is 0.378 e. The number of nitrogens with zero attached hydrogens (tertiary/aromatic N) is 2. The molecule has 100 valence electrons. The van der Waals surface area contributed by atoms with Gasteiger partial charge < -0.3 is 10.1 Å². The SMILES string of the molecule is CC(C)N1CCc2nc(C3COCCN3)sc2C1. The van der Waals surface area contributed by atoms with Crippen LogP contribution in [0.4, 0.5) is 0 Å². The third-order valence-electron chi connectivity index (χ3n) is 3.73. The molecular formula is C13H21N3OS. The van der Waals surface area contributed by atoms with E-state index in [1.54, 1.807) is 0 Å². The zero-order valence-electron chi connectivity index (χ0n) is 11.1.